The summed E-state index contributed by atoms with van der Waals surface area (Å²) < 4.78 is 5.04. The van der Waals surface area contributed by atoms with Crippen LogP contribution in [0.15, 0.2) is 30.3 Å². The van der Waals surface area contributed by atoms with E-state index in [1.54, 1.807) is 12.0 Å². The van der Waals surface area contributed by atoms with Crippen LogP contribution in [-0.4, -0.2) is 26.3 Å². The second kappa shape index (κ2) is 6.12. The summed E-state index contributed by atoms with van der Waals surface area (Å²) in [5, 5.41) is 0. The van der Waals surface area contributed by atoms with Crippen molar-refractivity contribution in [1.29, 1.82) is 0 Å². The number of ether oxygens (including phenoxy) is 1. The zero-order chi connectivity index (χ0) is 12.0. The number of amides is 2. The summed E-state index contributed by atoms with van der Waals surface area (Å²) in [5.74, 6) is 0.248. The van der Waals surface area contributed by atoms with Gasteiger partial charge in [-0.2, -0.15) is 0 Å². The SMILES string of the molecule is COCC(C)CN(C(N)=O)c1ccccc1.[H+]. The Morgan fingerprint density at radius 3 is 2.62 bits per heavy atom. The third-order valence-electron chi connectivity index (χ3n) is 2.28. The van der Waals surface area contributed by atoms with Crippen LogP contribution in [0, 0.1) is 5.92 Å². The van der Waals surface area contributed by atoms with Crippen molar-refractivity contribution < 1.29 is 11.0 Å². The number of benzene rings is 1. The molecular formula is C12H19N2O2+. The number of primary amides is 1. The first kappa shape index (κ1) is 12.5. The number of methoxy groups -OCH3 is 1. The monoisotopic (exact) mass is 223 g/mol. The molecule has 0 aliphatic heterocycles. The highest BCUT2D eigenvalue weighted by Crippen LogP contribution is 2.14. The lowest BCUT2D eigenvalue weighted by Gasteiger charge is -2.23. The van der Waals surface area contributed by atoms with Crippen LogP contribution in [0.25, 0.3) is 0 Å². The van der Waals surface area contributed by atoms with Crippen molar-refractivity contribution >= 4 is 11.7 Å². The van der Waals surface area contributed by atoms with E-state index in [0.717, 1.165) is 5.69 Å². The molecule has 88 valence electrons. The van der Waals surface area contributed by atoms with Crippen molar-refractivity contribution in [1.82, 2.24) is 0 Å². The summed E-state index contributed by atoms with van der Waals surface area (Å²) in [6, 6.07) is 8.96. The van der Waals surface area contributed by atoms with Crippen LogP contribution in [0.2, 0.25) is 0 Å². The largest absolute Gasteiger partial charge is 1.00 e. The molecule has 16 heavy (non-hydrogen) atoms. The predicted octanol–water partition coefficient (Wildman–Crippen LogP) is 1.97. The molecule has 0 aromatic heterocycles. The Kier molecular flexibility index (Phi) is 4.79. The van der Waals surface area contributed by atoms with Crippen LogP contribution < -0.4 is 10.6 Å². The molecular weight excluding hydrogens is 204 g/mol. The van der Waals surface area contributed by atoms with E-state index in [-0.39, 0.29) is 7.34 Å². The van der Waals surface area contributed by atoms with Crippen LogP contribution in [0.3, 0.4) is 0 Å². The molecule has 0 bridgehead atoms. The van der Waals surface area contributed by atoms with E-state index >= 15 is 0 Å². The maximum absolute atomic E-state index is 11.3. The Hall–Kier alpha value is -1.55. The van der Waals surface area contributed by atoms with Gasteiger partial charge >= 0.3 is 7.46 Å². The predicted molar refractivity (Wildman–Crippen MR) is 65.5 cm³/mol. The number of para-hydroxylation sites is 1. The van der Waals surface area contributed by atoms with E-state index in [4.69, 9.17) is 10.5 Å². The Bertz CT molecular complexity index is 333. The average Bonchev–Trinajstić information content (AvgIpc) is 2.27. The summed E-state index contributed by atoms with van der Waals surface area (Å²) in [7, 11) is 1.65. The van der Waals surface area contributed by atoms with Gasteiger partial charge in [-0.05, 0) is 18.1 Å². The molecule has 0 spiro atoms. The van der Waals surface area contributed by atoms with Crippen LogP contribution in [0.4, 0.5) is 10.5 Å². The zero-order valence-electron chi connectivity index (χ0n) is 10.7. The highest BCUT2D eigenvalue weighted by molar-refractivity contribution is 5.90. The first-order valence-electron chi connectivity index (χ1n) is 5.26. The summed E-state index contributed by atoms with van der Waals surface area (Å²) in [5.41, 5.74) is 6.18. The average molecular weight is 223 g/mol. The van der Waals surface area contributed by atoms with Gasteiger partial charge in [-0.25, -0.2) is 4.79 Å². The molecule has 0 aliphatic carbocycles. The fourth-order valence-electron chi connectivity index (χ4n) is 1.58. The maximum atomic E-state index is 11.3. The van der Waals surface area contributed by atoms with Crippen LogP contribution in [0.1, 0.15) is 8.35 Å². The number of hydrogen-bond acceptors (Lipinski definition) is 2. The second-order valence-corrected chi connectivity index (χ2v) is 3.84. The Balaban J connectivity index is 0.00000256. The molecule has 0 heterocycles. The standard InChI is InChI=1S/C12H18N2O2/c1-10(9-16-2)8-14(12(13)15)11-6-4-3-5-7-11/h3-7,10H,8-9H2,1-2H3,(H2,13,15)/p+1. The van der Waals surface area contributed by atoms with Crippen LogP contribution in [0.5, 0.6) is 0 Å². The van der Waals surface area contributed by atoms with Crippen molar-refractivity contribution in [2.24, 2.45) is 11.7 Å². The molecule has 0 saturated heterocycles. The summed E-state index contributed by atoms with van der Waals surface area (Å²) >= 11 is 0. The molecule has 1 rings (SSSR count). The topological polar surface area (TPSA) is 55.6 Å². The minimum atomic E-state index is -0.436. The number of hydrogen-bond donors (Lipinski definition) is 1. The second-order valence-electron chi connectivity index (χ2n) is 3.84. The first-order valence-corrected chi connectivity index (χ1v) is 5.26. The highest BCUT2D eigenvalue weighted by Gasteiger charge is 2.15. The summed E-state index contributed by atoms with van der Waals surface area (Å²) in [4.78, 5) is 12.9. The fourth-order valence-corrected chi connectivity index (χ4v) is 1.58. The van der Waals surface area contributed by atoms with Gasteiger partial charge in [0.15, 0.2) is 0 Å². The number of urea groups is 1. The van der Waals surface area contributed by atoms with E-state index in [1.165, 1.54) is 0 Å². The number of anilines is 1. The number of carbonyl (C=O) groups excluding carboxylic acids is 1. The molecule has 0 radical (unpaired) electrons. The van der Waals surface area contributed by atoms with E-state index < -0.39 is 6.03 Å². The molecule has 4 nitrogen and oxygen atoms in total. The number of nitrogens with two attached hydrogens (primary N) is 1. The zero-order valence-corrected chi connectivity index (χ0v) is 9.72. The minimum Gasteiger partial charge on any atom is -0.384 e. The van der Waals surface area contributed by atoms with Crippen LogP contribution >= 0.6 is 0 Å². The lowest BCUT2D eigenvalue weighted by atomic mass is 10.1. The van der Waals surface area contributed by atoms with Crippen molar-refractivity contribution in [3.05, 3.63) is 30.3 Å². The molecule has 4 heteroatoms. The van der Waals surface area contributed by atoms with Gasteiger partial charge in [0.25, 0.3) is 0 Å². The van der Waals surface area contributed by atoms with Gasteiger partial charge in [0, 0.05) is 19.3 Å². The molecule has 1 unspecified atom stereocenters. The van der Waals surface area contributed by atoms with E-state index in [1.807, 2.05) is 37.3 Å². The van der Waals surface area contributed by atoms with E-state index in [0.29, 0.717) is 13.2 Å². The van der Waals surface area contributed by atoms with Crippen molar-refractivity contribution in [3.63, 3.8) is 0 Å². The summed E-state index contributed by atoms with van der Waals surface area (Å²) in [6.45, 7) is 3.19. The summed E-state index contributed by atoms with van der Waals surface area (Å²) in [6.07, 6.45) is 0. The van der Waals surface area contributed by atoms with E-state index in [2.05, 4.69) is 0 Å². The van der Waals surface area contributed by atoms with Gasteiger partial charge in [-0.1, -0.05) is 25.1 Å². The molecule has 1 aromatic carbocycles. The van der Waals surface area contributed by atoms with Gasteiger partial charge in [-0.15, -0.1) is 0 Å². The molecule has 2 N–H and O–H groups in total. The first-order chi connectivity index (χ1) is 7.65. The number of carbonyl (C=O) groups is 1. The third kappa shape index (κ3) is 3.55. The van der Waals surface area contributed by atoms with Gasteiger partial charge in [0.1, 0.15) is 0 Å². The fraction of sp³-hybridized carbons (Fsp3) is 0.417. The minimum absolute atomic E-state index is 0. The Morgan fingerprint density at radius 2 is 2.12 bits per heavy atom. The lowest BCUT2D eigenvalue weighted by Crippen LogP contribution is -2.39. The number of rotatable bonds is 5. The Morgan fingerprint density at radius 1 is 1.50 bits per heavy atom. The lowest BCUT2D eigenvalue weighted by molar-refractivity contribution is 0.162. The molecule has 1 atom stereocenters. The molecule has 2 amide bonds. The van der Waals surface area contributed by atoms with Crippen molar-refractivity contribution in [3.8, 4) is 0 Å². The van der Waals surface area contributed by atoms with Gasteiger partial charge in [0.05, 0.1) is 6.61 Å². The van der Waals surface area contributed by atoms with Gasteiger partial charge in [-0.3, -0.25) is 4.90 Å². The maximum Gasteiger partial charge on any atom is 1.00 e. The van der Waals surface area contributed by atoms with Gasteiger partial charge < -0.3 is 10.5 Å². The molecule has 1 aromatic rings. The highest BCUT2D eigenvalue weighted by atomic mass is 16.5. The van der Waals surface area contributed by atoms with Crippen LogP contribution in [-0.2, 0) is 4.74 Å². The molecule has 0 aliphatic rings. The van der Waals surface area contributed by atoms with Crippen molar-refractivity contribution in [2.45, 2.75) is 6.92 Å². The van der Waals surface area contributed by atoms with Gasteiger partial charge in [0.2, 0.25) is 0 Å². The van der Waals surface area contributed by atoms with Crippen molar-refractivity contribution in [2.75, 3.05) is 25.2 Å². The van der Waals surface area contributed by atoms with E-state index in [9.17, 15) is 4.79 Å². The third-order valence-corrected chi connectivity index (χ3v) is 2.28. The smallest absolute Gasteiger partial charge is 0.384 e. The number of nitrogens with zero attached hydrogens (tertiary/aromatic N) is 1. The molecule has 0 saturated carbocycles. The Labute approximate surface area is 97.5 Å². The quantitative estimate of drug-likeness (QED) is 0.829. The normalized spacial score (nSPS) is 12.1. The molecule has 0 fully saturated rings.